The van der Waals surface area contributed by atoms with Crippen molar-refractivity contribution < 1.29 is 14.3 Å². The summed E-state index contributed by atoms with van der Waals surface area (Å²) >= 11 is 0. The summed E-state index contributed by atoms with van der Waals surface area (Å²) in [5.41, 5.74) is 3.57. The molecule has 0 spiro atoms. The molecule has 0 bridgehead atoms. The van der Waals surface area contributed by atoms with Gasteiger partial charge < -0.3 is 20.1 Å². The van der Waals surface area contributed by atoms with Gasteiger partial charge in [0.25, 0.3) is 5.91 Å². The fourth-order valence-electron chi connectivity index (χ4n) is 3.00. The standard InChI is InChI=1S/C21H26N6O3/c1-13-14(2)26-27(15(13)3)19-10-9-18(24-25-19)22-11-12-23-21(28)16-7-6-8-17(29-4)20(16)30-5/h6-10H,11-12H2,1-5H3,(H,22,24)(H,23,28). The fourth-order valence-corrected chi connectivity index (χ4v) is 3.00. The van der Waals surface area contributed by atoms with Gasteiger partial charge in [-0.25, -0.2) is 4.68 Å². The van der Waals surface area contributed by atoms with Gasteiger partial charge in [0.2, 0.25) is 0 Å². The maximum atomic E-state index is 12.5. The van der Waals surface area contributed by atoms with Crippen molar-refractivity contribution in [1.82, 2.24) is 25.3 Å². The summed E-state index contributed by atoms with van der Waals surface area (Å²) in [6.07, 6.45) is 0. The molecule has 2 aromatic heterocycles. The van der Waals surface area contributed by atoms with Crippen molar-refractivity contribution in [2.24, 2.45) is 0 Å². The van der Waals surface area contributed by atoms with Gasteiger partial charge in [-0.05, 0) is 50.6 Å². The van der Waals surface area contributed by atoms with Crippen LogP contribution in [0.5, 0.6) is 11.5 Å². The molecule has 1 aromatic carbocycles. The van der Waals surface area contributed by atoms with Crippen LogP contribution in [0.1, 0.15) is 27.3 Å². The van der Waals surface area contributed by atoms with E-state index in [1.807, 2.05) is 32.9 Å². The number of rotatable bonds is 8. The van der Waals surface area contributed by atoms with Crippen LogP contribution >= 0.6 is 0 Å². The lowest BCUT2D eigenvalue weighted by atomic mass is 10.1. The van der Waals surface area contributed by atoms with Crippen LogP contribution in [0.4, 0.5) is 5.82 Å². The van der Waals surface area contributed by atoms with Gasteiger partial charge in [-0.2, -0.15) is 5.10 Å². The molecule has 1 amide bonds. The minimum absolute atomic E-state index is 0.242. The summed E-state index contributed by atoms with van der Waals surface area (Å²) in [6, 6.07) is 8.87. The third-order valence-corrected chi connectivity index (χ3v) is 4.88. The number of nitrogens with zero attached hydrogens (tertiary/aromatic N) is 4. The van der Waals surface area contributed by atoms with Crippen molar-refractivity contribution in [3.8, 4) is 17.3 Å². The average molecular weight is 410 g/mol. The smallest absolute Gasteiger partial charge is 0.255 e. The first kappa shape index (κ1) is 21.1. The van der Waals surface area contributed by atoms with E-state index in [2.05, 4.69) is 25.9 Å². The van der Waals surface area contributed by atoms with Gasteiger partial charge in [0.15, 0.2) is 17.3 Å². The molecule has 3 aromatic rings. The highest BCUT2D eigenvalue weighted by atomic mass is 16.5. The number of carbonyl (C=O) groups is 1. The molecule has 0 aliphatic carbocycles. The van der Waals surface area contributed by atoms with Crippen molar-refractivity contribution >= 4 is 11.7 Å². The van der Waals surface area contributed by atoms with E-state index in [1.165, 1.54) is 14.2 Å². The molecular formula is C21H26N6O3. The Labute approximate surface area is 175 Å². The van der Waals surface area contributed by atoms with Crippen molar-refractivity contribution in [3.05, 3.63) is 52.8 Å². The van der Waals surface area contributed by atoms with Crippen LogP contribution < -0.4 is 20.1 Å². The number of amides is 1. The second-order valence-electron chi connectivity index (χ2n) is 6.71. The van der Waals surface area contributed by atoms with Gasteiger partial charge in [0.1, 0.15) is 5.82 Å². The normalized spacial score (nSPS) is 10.6. The summed E-state index contributed by atoms with van der Waals surface area (Å²) in [6.45, 7) is 6.90. The zero-order valence-electron chi connectivity index (χ0n) is 17.8. The second kappa shape index (κ2) is 9.25. The van der Waals surface area contributed by atoms with Crippen molar-refractivity contribution in [2.45, 2.75) is 20.8 Å². The summed E-state index contributed by atoms with van der Waals surface area (Å²) in [4.78, 5) is 12.5. The Bertz CT molecular complexity index is 1030. The summed E-state index contributed by atoms with van der Waals surface area (Å²) in [7, 11) is 3.04. The van der Waals surface area contributed by atoms with Crippen LogP contribution in [0.2, 0.25) is 0 Å². The van der Waals surface area contributed by atoms with Crippen LogP contribution in [0.25, 0.3) is 5.82 Å². The predicted octanol–water partition coefficient (Wildman–Crippen LogP) is 2.45. The zero-order valence-corrected chi connectivity index (χ0v) is 17.8. The Balaban J connectivity index is 1.55. The quantitative estimate of drug-likeness (QED) is 0.550. The molecule has 0 unspecified atom stereocenters. The molecule has 2 N–H and O–H groups in total. The summed E-state index contributed by atoms with van der Waals surface area (Å²) < 4.78 is 12.3. The molecule has 158 valence electrons. The molecule has 0 saturated carbocycles. The fraction of sp³-hybridized carbons (Fsp3) is 0.333. The molecule has 0 atom stereocenters. The molecule has 9 heteroatoms. The van der Waals surface area contributed by atoms with Gasteiger partial charge in [-0.3, -0.25) is 4.79 Å². The predicted molar refractivity (Wildman–Crippen MR) is 114 cm³/mol. The maximum Gasteiger partial charge on any atom is 0.255 e. The lowest BCUT2D eigenvalue weighted by Gasteiger charge is -2.13. The summed E-state index contributed by atoms with van der Waals surface area (Å²) in [5, 5.41) is 18.9. The summed E-state index contributed by atoms with van der Waals surface area (Å²) in [5.74, 6) is 1.95. The number of ether oxygens (including phenoxy) is 2. The lowest BCUT2D eigenvalue weighted by Crippen LogP contribution is -2.29. The molecule has 3 rings (SSSR count). The maximum absolute atomic E-state index is 12.5. The topological polar surface area (TPSA) is 103 Å². The minimum atomic E-state index is -0.242. The minimum Gasteiger partial charge on any atom is -0.493 e. The Morgan fingerprint density at radius 2 is 1.83 bits per heavy atom. The average Bonchev–Trinajstić information content (AvgIpc) is 3.03. The van der Waals surface area contributed by atoms with Gasteiger partial charge in [-0.1, -0.05) is 6.07 Å². The van der Waals surface area contributed by atoms with Crippen molar-refractivity contribution in [2.75, 3.05) is 32.6 Å². The molecule has 0 aliphatic heterocycles. The highest BCUT2D eigenvalue weighted by Gasteiger charge is 2.16. The molecular weight excluding hydrogens is 384 g/mol. The number of aryl methyl sites for hydroxylation is 1. The first-order valence-electron chi connectivity index (χ1n) is 9.56. The van der Waals surface area contributed by atoms with Gasteiger partial charge in [-0.15, -0.1) is 10.2 Å². The van der Waals surface area contributed by atoms with E-state index in [0.717, 1.165) is 17.0 Å². The number of hydrogen-bond donors (Lipinski definition) is 2. The Kier molecular flexibility index (Phi) is 6.51. The highest BCUT2D eigenvalue weighted by Crippen LogP contribution is 2.30. The van der Waals surface area contributed by atoms with Crippen molar-refractivity contribution in [1.29, 1.82) is 0 Å². The van der Waals surface area contributed by atoms with Crippen LogP contribution in [0.15, 0.2) is 30.3 Å². The molecule has 2 heterocycles. The van der Waals surface area contributed by atoms with Gasteiger partial charge in [0.05, 0.1) is 25.5 Å². The van der Waals surface area contributed by atoms with E-state index >= 15 is 0 Å². The third-order valence-electron chi connectivity index (χ3n) is 4.88. The monoisotopic (exact) mass is 410 g/mol. The number of nitrogens with one attached hydrogen (secondary N) is 2. The SMILES string of the molecule is COc1cccc(C(=O)NCCNc2ccc(-n3nc(C)c(C)c3C)nn2)c1OC. The van der Waals surface area contributed by atoms with E-state index in [-0.39, 0.29) is 5.91 Å². The van der Waals surface area contributed by atoms with E-state index < -0.39 is 0 Å². The largest absolute Gasteiger partial charge is 0.493 e. The molecule has 0 fully saturated rings. The van der Waals surface area contributed by atoms with Crippen LogP contribution in [0.3, 0.4) is 0 Å². The third kappa shape index (κ3) is 4.35. The van der Waals surface area contributed by atoms with Crippen LogP contribution in [-0.4, -0.2) is 53.2 Å². The number of anilines is 1. The molecule has 30 heavy (non-hydrogen) atoms. The number of carbonyl (C=O) groups excluding carboxylic acids is 1. The molecule has 0 aliphatic rings. The zero-order chi connectivity index (χ0) is 21.7. The van der Waals surface area contributed by atoms with Gasteiger partial charge in [0, 0.05) is 18.8 Å². The van der Waals surface area contributed by atoms with Crippen LogP contribution in [0, 0.1) is 20.8 Å². The van der Waals surface area contributed by atoms with Crippen LogP contribution in [-0.2, 0) is 0 Å². The first-order valence-corrected chi connectivity index (χ1v) is 9.56. The lowest BCUT2D eigenvalue weighted by molar-refractivity contribution is 0.0951. The van der Waals surface area contributed by atoms with E-state index in [0.29, 0.717) is 41.8 Å². The Morgan fingerprint density at radius 1 is 1.03 bits per heavy atom. The van der Waals surface area contributed by atoms with E-state index in [9.17, 15) is 4.79 Å². The highest BCUT2D eigenvalue weighted by molar-refractivity contribution is 5.97. The van der Waals surface area contributed by atoms with E-state index in [4.69, 9.17) is 9.47 Å². The van der Waals surface area contributed by atoms with E-state index in [1.54, 1.807) is 22.9 Å². The van der Waals surface area contributed by atoms with Crippen molar-refractivity contribution in [3.63, 3.8) is 0 Å². The Hall–Kier alpha value is -3.62. The first-order chi connectivity index (χ1) is 14.5. The number of methoxy groups -OCH3 is 2. The Morgan fingerprint density at radius 3 is 2.43 bits per heavy atom. The number of para-hydroxylation sites is 1. The molecule has 0 saturated heterocycles. The second-order valence-corrected chi connectivity index (χ2v) is 6.71. The number of hydrogen-bond acceptors (Lipinski definition) is 7. The molecule has 0 radical (unpaired) electrons. The molecule has 9 nitrogen and oxygen atoms in total. The van der Waals surface area contributed by atoms with Gasteiger partial charge >= 0.3 is 0 Å². The number of benzene rings is 1. The number of aromatic nitrogens is 4.